The Labute approximate surface area is 223 Å². The first-order valence-electron chi connectivity index (χ1n) is 11.4. The number of nitrogens with one attached hydrogen (secondary N) is 2. The molecule has 0 atom stereocenters. The van der Waals surface area contributed by atoms with E-state index in [0.717, 1.165) is 5.56 Å². The summed E-state index contributed by atoms with van der Waals surface area (Å²) in [5.41, 5.74) is 5.26. The van der Waals surface area contributed by atoms with Gasteiger partial charge in [-0.1, -0.05) is 17.7 Å². The van der Waals surface area contributed by atoms with Gasteiger partial charge in [0, 0.05) is 11.3 Å². The summed E-state index contributed by atoms with van der Waals surface area (Å²) in [5, 5.41) is 6.81. The summed E-state index contributed by atoms with van der Waals surface area (Å²) in [4.78, 5) is 24.8. The van der Waals surface area contributed by atoms with Gasteiger partial charge in [-0.3, -0.25) is 9.59 Å². The smallest absolute Gasteiger partial charge is 0.271 e. The number of methoxy groups -OCH3 is 2. The second-order valence-electron chi connectivity index (χ2n) is 7.73. The molecule has 2 amide bonds. The number of anilines is 1. The van der Waals surface area contributed by atoms with Gasteiger partial charge in [0.1, 0.15) is 0 Å². The van der Waals surface area contributed by atoms with Gasteiger partial charge in [0.25, 0.3) is 11.8 Å². The minimum atomic E-state index is -0.414. The third-order valence-corrected chi connectivity index (χ3v) is 5.63. The van der Waals surface area contributed by atoms with Crippen LogP contribution in [0, 0.1) is 6.92 Å². The number of aryl methyl sites for hydroxylation is 1. The second kappa shape index (κ2) is 13.3. The Morgan fingerprint density at radius 3 is 2.35 bits per heavy atom. The van der Waals surface area contributed by atoms with Crippen molar-refractivity contribution in [3.63, 3.8) is 0 Å². The molecule has 0 aliphatic rings. The second-order valence-corrected chi connectivity index (χ2v) is 8.59. The number of hydrogen-bond donors (Lipinski definition) is 2. The number of hydrogen-bond acceptors (Lipinski definition) is 7. The maximum absolute atomic E-state index is 12.5. The summed E-state index contributed by atoms with van der Waals surface area (Å²) in [6.07, 6.45) is 1.46. The zero-order valence-electron chi connectivity index (χ0n) is 21.0. The van der Waals surface area contributed by atoms with Crippen molar-refractivity contribution in [3.05, 3.63) is 75.8 Å². The highest BCUT2D eigenvalue weighted by atomic mass is 79.9. The van der Waals surface area contributed by atoms with E-state index in [9.17, 15) is 9.59 Å². The molecule has 0 saturated carbocycles. The van der Waals surface area contributed by atoms with Gasteiger partial charge < -0.3 is 24.3 Å². The molecular formula is C27H28BrN3O6. The number of rotatable bonds is 11. The minimum absolute atomic E-state index is 0.210. The molecule has 0 aliphatic carbocycles. The van der Waals surface area contributed by atoms with E-state index < -0.39 is 5.91 Å². The van der Waals surface area contributed by atoms with Crippen LogP contribution in [-0.2, 0) is 4.79 Å². The van der Waals surface area contributed by atoms with Crippen LogP contribution in [0.3, 0.4) is 0 Å². The Hall–Kier alpha value is -4.05. The Morgan fingerprint density at radius 1 is 0.946 bits per heavy atom. The quantitative estimate of drug-likeness (QED) is 0.250. The van der Waals surface area contributed by atoms with E-state index in [0.29, 0.717) is 50.9 Å². The van der Waals surface area contributed by atoms with Crippen molar-refractivity contribution in [2.24, 2.45) is 5.10 Å². The molecule has 0 aromatic heterocycles. The minimum Gasteiger partial charge on any atom is -0.493 e. The molecule has 2 N–H and O–H groups in total. The first-order valence-corrected chi connectivity index (χ1v) is 12.1. The van der Waals surface area contributed by atoms with Crippen LogP contribution in [0.1, 0.15) is 28.4 Å². The number of carbonyl (C=O) groups excluding carboxylic acids is 2. The van der Waals surface area contributed by atoms with E-state index >= 15 is 0 Å². The zero-order valence-corrected chi connectivity index (χ0v) is 22.5. The summed E-state index contributed by atoms with van der Waals surface area (Å²) in [5.74, 6) is 1.04. The first kappa shape index (κ1) is 27.5. The van der Waals surface area contributed by atoms with E-state index in [1.54, 1.807) is 30.3 Å². The van der Waals surface area contributed by atoms with Crippen molar-refractivity contribution in [1.82, 2.24) is 5.43 Å². The number of halogens is 1. The average Bonchev–Trinajstić information content (AvgIpc) is 2.89. The van der Waals surface area contributed by atoms with Crippen molar-refractivity contribution < 1.29 is 28.5 Å². The monoisotopic (exact) mass is 569 g/mol. The van der Waals surface area contributed by atoms with E-state index in [1.807, 2.05) is 38.1 Å². The van der Waals surface area contributed by atoms with Crippen LogP contribution in [-0.4, -0.2) is 45.5 Å². The molecule has 10 heteroatoms. The molecular weight excluding hydrogens is 542 g/mol. The van der Waals surface area contributed by atoms with Crippen molar-refractivity contribution in [2.45, 2.75) is 13.8 Å². The molecule has 3 rings (SSSR count). The molecule has 0 fully saturated rings. The molecule has 0 radical (unpaired) electrons. The normalized spacial score (nSPS) is 10.6. The average molecular weight is 570 g/mol. The summed E-state index contributed by atoms with van der Waals surface area (Å²) in [6, 6.07) is 15.7. The van der Waals surface area contributed by atoms with Crippen LogP contribution in [0.15, 0.2) is 64.2 Å². The molecule has 0 saturated heterocycles. The highest BCUT2D eigenvalue weighted by Gasteiger charge is 2.14. The lowest BCUT2D eigenvalue weighted by molar-refractivity contribution is -0.118. The maximum Gasteiger partial charge on any atom is 0.271 e. The largest absolute Gasteiger partial charge is 0.493 e. The van der Waals surface area contributed by atoms with Crippen LogP contribution >= 0.6 is 15.9 Å². The van der Waals surface area contributed by atoms with Crippen molar-refractivity contribution in [1.29, 1.82) is 0 Å². The van der Waals surface area contributed by atoms with Gasteiger partial charge in [-0.25, -0.2) is 5.43 Å². The third kappa shape index (κ3) is 7.71. The predicted molar refractivity (Wildman–Crippen MR) is 145 cm³/mol. The number of amides is 2. The van der Waals surface area contributed by atoms with E-state index in [1.165, 1.54) is 20.4 Å². The number of carbonyl (C=O) groups is 2. The van der Waals surface area contributed by atoms with Gasteiger partial charge in [0.05, 0.1) is 31.5 Å². The van der Waals surface area contributed by atoms with Gasteiger partial charge >= 0.3 is 0 Å². The Bertz CT molecular complexity index is 1280. The number of hydrazone groups is 1. The fourth-order valence-corrected chi connectivity index (χ4v) is 3.81. The zero-order chi connectivity index (χ0) is 26.8. The topological polar surface area (TPSA) is 107 Å². The lowest BCUT2D eigenvalue weighted by Crippen LogP contribution is -2.20. The third-order valence-electron chi connectivity index (χ3n) is 5.04. The first-order chi connectivity index (χ1) is 17.8. The molecule has 3 aromatic carbocycles. The number of benzene rings is 3. The predicted octanol–water partition coefficient (Wildman–Crippen LogP) is 4.95. The van der Waals surface area contributed by atoms with E-state index in [4.69, 9.17) is 18.9 Å². The summed E-state index contributed by atoms with van der Waals surface area (Å²) >= 11 is 3.45. The molecule has 0 unspecified atom stereocenters. The molecule has 194 valence electrons. The Morgan fingerprint density at radius 2 is 1.68 bits per heavy atom. The van der Waals surface area contributed by atoms with Crippen LogP contribution < -0.4 is 29.7 Å². The van der Waals surface area contributed by atoms with Gasteiger partial charge in [-0.15, -0.1) is 0 Å². The molecule has 0 bridgehead atoms. The van der Waals surface area contributed by atoms with Crippen molar-refractivity contribution in [3.8, 4) is 23.0 Å². The standard InChI is InChI=1S/C27H28BrN3O6/c1-5-36-22-11-8-19(14-23(22)34-3)27(33)31-29-15-18-12-21(28)26(24(13-18)35-4)37-16-25(32)30-20-9-6-17(2)7-10-20/h6-15H,5,16H2,1-4H3,(H,30,32)(H,31,33)/b29-15+. The van der Waals surface area contributed by atoms with Crippen LogP contribution in [0.2, 0.25) is 0 Å². The SMILES string of the molecule is CCOc1ccc(C(=O)N/N=C/c2cc(Br)c(OCC(=O)Nc3ccc(C)cc3)c(OC)c2)cc1OC. The van der Waals surface area contributed by atoms with E-state index in [2.05, 4.69) is 31.8 Å². The summed E-state index contributed by atoms with van der Waals surface area (Å²) < 4.78 is 22.4. The molecule has 37 heavy (non-hydrogen) atoms. The lowest BCUT2D eigenvalue weighted by atomic mass is 10.2. The summed E-state index contributed by atoms with van der Waals surface area (Å²) in [6.45, 7) is 4.11. The Balaban J connectivity index is 1.63. The fourth-order valence-electron chi connectivity index (χ4n) is 3.24. The van der Waals surface area contributed by atoms with Gasteiger partial charge in [0.2, 0.25) is 0 Å². The highest BCUT2D eigenvalue weighted by molar-refractivity contribution is 9.10. The van der Waals surface area contributed by atoms with Crippen LogP contribution in [0.25, 0.3) is 0 Å². The molecule has 3 aromatic rings. The molecule has 0 aliphatic heterocycles. The van der Waals surface area contributed by atoms with E-state index in [-0.39, 0.29) is 12.5 Å². The molecule has 0 heterocycles. The van der Waals surface area contributed by atoms with Crippen molar-refractivity contribution >= 4 is 39.6 Å². The van der Waals surface area contributed by atoms with Crippen molar-refractivity contribution in [2.75, 3.05) is 32.8 Å². The fraction of sp³-hybridized carbons (Fsp3) is 0.222. The highest BCUT2D eigenvalue weighted by Crippen LogP contribution is 2.36. The molecule has 9 nitrogen and oxygen atoms in total. The van der Waals surface area contributed by atoms with Gasteiger partial charge in [0.15, 0.2) is 29.6 Å². The summed E-state index contributed by atoms with van der Waals surface area (Å²) in [7, 11) is 3.00. The van der Waals surface area contributed by atoms with Crippen LogP contribution in [0.5, 0.6) is 23.0 Å². The Kier molecular flexibility index (Phi) is 9.91. The molecule has 0 spiro atoms. The maximum atomic E-state index is 12.5. The van der Waals surface area contributed by atoms with Gasteiger partial charge in [-0.2, -0.15) is 5.10 Å². The number of nitrogens with zero attached hydrogens (tertiary/aromatic N) is 1. The van der Waals surface area contributed by atoms with Gasteiger partial charge in [-0.05, 0) is 77.8 Å². The lowest BCUT2D eigenvalue weighted by Gasteiger charge is -2.13. The number of ether oxygens (including phenoxy) is 4. The van der Waals surface area contributed by atoms with Crippen LogP contribution in [0.4, 0.5) is 5.69 Å².